The van der Waals surface area contributed by atoms with Crippen molar-refractivity contribution in [2.75, 3.05) is 23.3 Å². The van der Waals surface area contributed by atoms with Gasteiger partial charge in [-0.05, 0) is 26.0 Å². The lowest BCUT2D eigenvalue weighted by atomic mass is 10.2. The predicted octanol–water partition coefficient (Wildman–Crippen LogP) is 2.10. The number of carbonyl (C=O) groups is 1. The van der Waals surface area contributed by atoms with Crippen molar-refractivity contribution in [3.8, 4) is 0 Å². The minimum atomic E-state index is 0.686. The average Bonchev–Trinajstić information content (AvgIpc) is 2.23. The van der Waals surface area contributed by atoms with E-state index in [1.807, 2.05) is 38.1 Å². The van der Waals surface area contributed by atoms with E-state index in [0.29, 0.717) is 6.54 Å². The van der Waals surface area contributed by atoms with Crippen LogP contribution in [0.25, 0.3) is 0 Å². The number of anilines is 2. The molecule has 0 atom stereocenters. The van der Waals surface area contributed by atoms with Gasteiger partial charge in [0.05, 0.1) is 11.4 Å². The van der Waals surface area contributed by atoms with Gasteiger partial charge in [-0.15, -0.1) is 0 Å². The largest absolute Gasteiger partial charge is 0.384 e. The summed E-state index contributed by atoms with van der Waals surface area (Å²) < 4.78 is 0. The first-order chi connectivity index (χ1) is 6.83. The van der Waals surface area contributed by atoms with Gasteiger partial charge in [-0.25, -0.2) is 0 Å². The highest BCUT2D eigenvalue weighted by Gasteiger charge is 2.06. The number of benzene rings is 1. The van der Waals surface area contributed by atoms with E-state index in [9.17, 15) is 4.79 Å². The second kappa shape index (κ2) is 5.27. The molecule has 0 spiro atoms. The van der Waals surface area contributed by atoms with Crippen LogP contribution in [-0.4, -0.2) is 19.5 Å². The van der Waals surface area contributed by atoms with Crippen LogP contribution in [0.1, 0.15) is 13.8 Å². The van der Waals surface area contributed by atoms with Crippen molar-refractivity contribution in [2.45, 2.75) is 13.8 Å². The van der Waals surface area contributed by atoms with Crippen LogP contribution in [-0.2, 0) is 4.79 Å². The fourth-order valence-corrected chi connectivity index (χ4v) is 1.37. The van der Waals surface area contributed by atoms with E-state index < -0.39 is 0 Å². The summed E-state index contributed by atoms with van der Waals surface area (Å²) in [5.41, 5.74) is 1.94. The SMILES string of the molecule is CCNc1ccccc1N(C=O)CC. The molecule has 0 aliphatic carbocycles. The monoisotopic (exact) mass is 192 g/mol. The number of nitrogens with one attached hydrogen (secondary N) is 1. The Morgan fingerprint density at radius 2 is 2.07 bits per heavy atom. The second-order valence-corrected chi connectivity index (χ2v) is 2.94. The number of para-hydroxylation sites is 2. The van der Waals surface area contributed by atoms with Gasteiger partial charge in [-0.3, -0.25) is 4.79 Å². The molecule has 76 valence electrons. The Hall–Kier alpha value is -1.51. The smallest absolute Gasteiger partial charge is 0.214 e. The van der Waals surface area contributed by atoms with Crippen molar-refractivity contribution in [3.63, 3.8) is 0 Å². The summed E-state index contributed by atoms with van der Waals surface area (Å²) in [6, 6.07) is 7.81. The second-order valence-electron chi connectivity index (χ2n) is 2.94. The molecule has 0 radical (unpaired) electrons. The summed E-state index contributed by atoms with van der Waals surface area (Å²) in [6.45, 7) is 5.53. The van der Waals surface area contributed by atoms with Gasteiger partial charge in [0.2, 0.25) is 6.41 Å². The van der Waals surface area contributed by atoms with Crippen molar-refractivity contribution in [2.24, 2.45) is 0 Å². The van der Waals surface area contributed by atoms with Crippen LogP contribution in [0, 0.1) is 0 Å². The van der Waals surface area contributed by atoms with Gasteiger partial charge >= 0.3 is 0 Å². The maximum atomic E-state index is 10.8. The molecule has 3 nitrogen and oxygen atoms in total. The molecule has 0 fully saturated rings. The summed E-state index contributed by atoms with van der Waals surface area (Å²) in [4.78, 5) is 12.5. The average molecular weight is 192 g/mol. The normalized spacial score (nSPS) is 9.57. The number of nitrogens with zero attached hydrogens (tertiary/aromatic N) is 1. The van der Waals surface area contributed by atoms with Crippen molar-refractivity contribution < 1.29 is 4.79 Å². The Bertz CT molecular complexity index is 299. The Labute approximate surface area is 84.7 Å². The predicted molar refractivity (Wildman–Crippen MR) is 59.7 cm³/mol. The molecule has 1 amide bonds. The zero-order valence-electron chi connectivity index (χ0n) is 8.66. The molecule has 1 aromatic carbocycles. The molecule has 0 aromatic heterocycles. The Balaban J connectivity index is 2.98. The highest BCUT2D eigenvalue weighted by Crippen LogP contribution is 2.23. The van der Waals surface area contributed by atoms with Crippen LogP contribution in [0.15, 0.2) is 24.3 Å². The molecule has 0 saturated heterocycles. The van der Waals surface area contributed by atoms with Crippen molar-refractivity contribution in [3.05, 3.63) is 24.3 Å². The molecular weight excluding hydrogens is 176 g/mol. The molecule has 0 heterocycles. The lowest BCUT2D eigenvalue weighted by molar-refractivity contribution is -0.107. The summed E-state index contributed by atoms with van der Waals surface area (Å²) in [6.07, 6.45) is 0.857. The van der Waals surface area contributed by atoms with Crippen LogP contribution in [0.3, 0.4) is 0 Å². The van der Waals surface area contributed by atoms with E-state index in [1.165, 1.54) is 0 Å². The maximum absolute atomic E-state index is 10.8. The van der Waals surface area contributed by atoms with Gasteiger partial charge in [0.15, 0.2) is 0 Å². The number of hydrogen-bond donors (Lipinski definition) is 1. The summed E-state index contributed by atoms with van der Waals surface area (Å²) >= 11 is 0. The molecule has 1 rings (SSSR count). The molecule has 0 aliphatic rings. The van der Waals surface area contributed by atoms with Crippen LogP contribution < -0.4 is 10.2 Å². The van der Waals surface area contributed by atoms with Gasteiger partial charge in [-0.2, -0.15) is 0 Å². The fourth-order valence-electron chi connectivity index (χ4n) is 1.37. The first-order valence-electron chi connectivity index (χ1n) is 4.88. The molecular formula is C11H16N2O. The standard InChI is InChI=1S/C11H16N2O/c1-3-12-10-7-5-6-8-11(10)13(4-2)9-14/h5-9,12H,3-4H2,1-2H3. The molecule has 14 heavy (non-hydrogen) atoms. The number of amides is 1. The van der Waals surface area contributed by atoms with Crippen LogP contribution in [0.5, 0.6) is 0 Å². The third kappa shape index (κ3) is 2.25. The van der Waals surface area contributed by atoms with E-state index in [2.05, 4.69) is 5.32 Å². The molecule has 3 heteroatoms. The van der Waals surface area contributed by atoms with Crippen molar-refractivity contribution in [1.82, 2.24) is 0 Å². The molecule has 1 N–H and O–H groups in total. The molecule has 0 aliphatic heterocycles. The molecule has 1 aromatic rings. The van der Waals surface area contributed by atoms with E-state index in [-0.39, 0.29) is 0 Å². The van der Waals surface area contributed by atoms with Crippen LogP contribution >= 0.6 is 0 Å². The Kier molecular flexibility index (Phi) is 3.98. The lowest BCUT2D eigenvalue weighted by Gasteiger charge is -2.19. The third-order valence-electron chi connectivity index (χ3n) is 2.05. The highest BCUT2D eigenvalue weighted by molar-refractivity contribution is 5.83. The number of carbonyl (C=O) groups excluding carboxylic acids is 1. The Morgan fingerprint density at radius 3 is 2.64 bits per heavy atom. The van der Waals surface area contributed by atoms with Crippen LogP contribution in [0.4, 0.5) is 11.4 Å². The van der Waals surface area contributed by atoms with Gasteiger partial charge in [0.1, 0.15) is 0 Å². The fraction of sp³-hybridized carbons (Fsp3) is 0.364. The van der Waals surface area contributed by atoms with Crippen molar-refractivity contribution >= 4 is 17.8 Å². The molecule has 0 saturated carbocycles. The molecule has 0 bridgehead atoms. The summed E-state index contributed by atoms with van der Waals surface area (Å²) in [5, 5.41) is 3.22. The van der Waals surface area contributed by atoms with E-state index in [0.717, 1.165) is 24.3 Å². The molecule has 0 unspecified atom stereocenters. The summed E-state index contributed by atoms with van der Waals surface area (Å²) in [7, 11) is 0. The highest BCUT2D eigenvalue weighted by atomic mass is 16.1. The minimum absolute atomic E-state index is 0.686. The van der Waals surface area contributed by atoms with E-state index >= 15 is 0 Å². The van der Waals surface area contributed by atoms with E-state index in [1.54, 1.807) is 4.90 Å². The van der Waals surface area contributed by atoms with Gasteiger partial charge in [0, 0.05) is 13.1 Å². The number of hydrogen-bond acceptors (Lipinski definition) is 2. The number of rotatable bonds is 5. The van der Waals surface area contributed by atoms with Crippen molar-refractivity contribution in [1.29, 1.82) is 0 Å². The van der Waals surface area contributed by atoms with E-state index in [4.69, 9.17) is 0 Å². The topological polar surface area (TPSA) is 32.3 Å². The Morgan fingerprint density at radius 1 is 1.36 bits per heavy atom. The summed E-state index contributed by atoms with van der Waals surface area (Å²) in [5.74, 6) is 0. The van der Waals surface area contributed by atoms with Crippen LogP contribution in [0.2, 0.25) is 0 Å². The zero-order valence-corrected chi connectivity index (χ0v) is 8.66. The third-order valence-corrected chi connectivity index (χ3v) is 2.05. The minimum Gasteiger partial charge on any atom is -0.384 e. The maximum Gasteiger partial charge on any atom is 0.214 e. The quantitative estimate of drug-likeness (QED) is 0.724. The first kappa shape index (κ1) is 10.6. The zero-order chi connectivity index (χ0) is 10.4. The van der Waals surface area contributed by atoms with Gasteiger partial charge < -0.3 is 10.2 Å². The van der Waals surface area contributed by atoms with Gasteiger partial charge in [-0.1, -0.05) is 12.1 Å². The lowest BCUT2D eigenvalue weighted by Crippen LogP contribution is -2.21. The van der Waals surface area contributed by atoms with Gasteiger partial charge in [0.25, 0.3) is 0 Å². The first-order valence-corrected chi connectivity index (χ1v) is 4.88.